The number of carbonyl (C=O) groups is 1. The van der Waals surface area contributed by atoms with Gasteiger partial charge in [-0.3, -0.25) is 0 Å². The van der Waals surface area contributed by atoms with E-state index in [1.807, 2.05) is 0 Å². The summed E-state index contributed by atoms with van der Waals surface area (Å²) >= 11 is 0. The van der Waals surface area contributed by atoms with Gasteiger partial charge in [-0.15, -0.1) is 0 Å². The Kier molecular flexibility index (Phi) is 4.34. The van der Waals surface area contributed by atoms with Crippen molar-refractivity contribution in [3.63, 3.8) is 0 Å². The lowest BCUT2D eigenvalue weighted by molar-refractivity contribution is -0.137. The molecule has 1 fully saturated rings. The van der Waals surface area contributed by atoms with Crippen LogP contribution in [0, 0.1) is 0 Å². The molecule has 0 saturated carbocycles. The Morgan fingerprint density at radius 3 is 2.45 bits per heavy atom. The number of aromatic nitrogens is 1. The highest BCUT2D eigenvalue weighted by atomic mass is 32.2. The number of hydrogen-bond donors (Lipinski definition) is 1. The Labute approximate surface area is 163 Å². The minimum Gasteiger partial charge on any atom is -0.465 e. The second-order valence-electron chi connectivity index (χ2n) is 6.84. The molecule has 4 rings (SSSR count). The van der Waals surface area contributed by atoms with E-state index in [1.54, 1.807) is 24.3 Å². The minimum atomic E-state index is -4.65. The third-order valence-electron chi connectivity index (χ3n) is 5.02. The van der Waals surface area contributed by atoms with Crippen molar-refractivity contribution in [2.24, 2.45) is 0 Å². The van der Waals surface area contributed by atoms with Gasteiger partial charge in [-0.1, -0.05) is 12.1 Å². The lowest BCUT2D eigenvalue weighted by Gasteiger charge is -2.37. The summed E-state index contributed by atoms with van der Waals surface area (Å²) in [6, 6.07) is 10.3. The Hall–Kier alpha value is -3.01. The molecule has 1 N–H and O–H groups in total. The largest absolute Gasteiger partial charge is 0.465 e. The van der Waals surface area contributed by atoms with E-state index in [1.165, 1.54) is 11.1 Å². The van der Waals surface area contributed by atoms with Crippen LogP contribution in [0.5, 0.6) is 0 Å². The van der Waals surface area contributed by atoms with E-state index >= 15 is 0 Å². The predicted molar refractivity (Wildman–Crippen MR) is 98.3 cm³/mol. The van der Waals surface area contributed by atoms with Gasteiger partial charge in [-0.25, -0.2) is 17.2 Å². The fourth-order valence-electron chi connectivity index (χ4n) is 3.39. The molecule has 1 amide bonds. The zero-order chi connectivity index (χ0) is 21.0. The van der Waals surface area contributed by atoms with Crippen molar-refractivity contribution in [3.8, 4) is 0 Å². The maximum Gasteiger partial charge on any atom is 0.416 e. The first kappa shape index (κ1) is 19.3. The summed E-state index contributed by atoms with van der Waals surface area (Å²) in [6.07, 6.45) is -4.33. The number of nitrogens with zero attached hydrogens (tertiary/aromatic N) is 2. The molecular weight excluding hydrogens is 409 g/mol. The van der Waals surface area contributed by atoms with Crippen LogP contribution < -0.4 is 0 Å². The molecule has 2 heterocycles. The van der Waals surface area contributed by atoms with Crippen LogP contribution in [0.1, 0.15) is 17.0 Å². The van der Waals surface area contributed by atoms with Crippen LogP contribution in [0.2, 0.25) is 0 Å². The molecular formula is C19H15F3N2O4S. The van der Waals surface area contributed by atoms with E-state index in [4.69, 9.17) is 5.11 Å². The summed E-state index contributed by atoms with van der Waals surface area (Å²) in [5.74, 6) is 0.0268. The summed E-state index contributed by atoms with van der Waals surface area (Å²) in [6.45, 7) is 0.730. The molecule has 10 heteroatoms. The average molecular weight is 424 g/mol. The fraction of sp³-hybridized carbons (Fsp3) is 0.211. The molecule has 0 atom stereocenters. The third kappa shape index (κ3) is 3.33. The quantitative estimate of drug-likeness (QED) is 0.690. The van der Waals surface area contributed by atoms with Gasteiger partial charge >= 0.3 is 12.3 Å². The van der Waals surface area contributed by atoms with Crippen molar-refractivity contribution in [1.29, 1.82) is 0 Å². The van der Waals surface area contributed by atoms with Gasteiger partial charge in [0.1, 0.15) is 0 Å². The van der Waals surface area contributed by atoms with E-state index in [-0.39, 0.29) is 5.92 Å². The van der Waals surface area contributed by atoms with Gasteiger partial charge in [0.2, 0.25) is 0 Å². The highest BCUT2D eigenvalue weighted by Crippen LogP contribution is 2.33. The molecule has 0 bridgehead atoms. The summed E-state index contributed by atoms with van der Waals surface area (Å²) in [5, 5.41) is 9.53. The van der Waals surface area contributed by atoms with Crippen LogP contribution in [0.25, 0.3) is 10.9 Å². The van der Waals surface area contributed by atoms with E-state index < -0.39 is 32.8 Å². The number of benzene rings is 2. The van der Waals surface area contributed by atoms with Crippen molar-refractivity contribution in [2.75, 3.05) is 13.1 Å². The number of alkyl halides is 3. The van der Waals surface area contributed by atoms with Gasteiger partial charge in [0, 0.05) is 30.6 Å². The average Bonchev–Trinajstić information content (AvgIpc) is 3.03. The monoisotopic (exact) mass is 424 g/mol. The van der Waals surface area contributed by atoms with Gasteiger partial charge in [-0.05, 0) is 42.0 Å². The minimum absolute atomic E-state index is 0.0268. The molecule has 0 unspecified atom stereocenters. The number of halogens is 3. The van der Waals surface area contributed by atoms with E-state index in [2.05, 4.69) is 0 Å². The standard InChI is InChI=1S/C19H15F3N2O4S/c20-19(21,22)15-2-1-3-16(9-15)29(27,28)24-7-6-13-8-12(4-5-17(13)24)14-10-23(11-14)18(25)26/h1-9,14H,10-11H2,(H,25,26). The van der Waals surface area contributed by atoms with Crippen molar-refractivity contribution in [1.82, 2.24) is 8.87 Å². The smallest absolute Gasteiger partial charge is 0.416 e. The molecule has 0 aliphatic carbocycles. The van der Waals surface area contributed by atoms with Crippen molar-refractivity contribution in [2.45, 2.75) is 17.0 Å². The Bertz CT molecular complexity index is 1210. The molecule has 6 nitrogen and oxygen atoms in total. The summed E-state index contributed by atoms with van der Waals surface area (Å²) in [7, 11) is -4.22. The summed E-state index contributed by atoms with van der Waals surface area (Å²) in [4.78, 5) is 11.7. The van der Waals surface area contributed by atoms with Crippen LogP contribution >= 0.6 is 0 Å². The number of rotatable bonds is 3. The van der Waals surface area contributed by atoms with Gasteiger partial charge in [0.25, 0.3) is 10.0 Å². The highest BCUT2D eigenvalue weighted by Gasteiger charge is 2.33. The first-order valence-electron chi connectivity index (χ1n) is 8.59. The van der Waals surface area contributed by atoms with Crippen LogP contribution in [-0.4, -0.2) is 41.6 Å². The summed E-state index contributed by atoms with van der Waals surface area (Å²) < 4.78 is 65.6. The Morgan fingerprint density at radius 2 is 1.79 bits per heavy atom. The maximum atomic E-state index is 12.9. The van der Waals surface area contributed by atoms with E-state index in [0.717, 1.165) is 27.7 Å². The molecule has 1 aliphatic heterocycles. The fourth-order valence-corrected chi connectivity index (χ4v) is 4.79. The van der Waals surface area contributed by atoms with Crippen LogP contribution in [-0.2, 0) is 16.2 Å². The van der Waals surface area contributed by atoms with E-state index in [0.29, 0.717) is 30.1 Å². The van der Waals surface area contributed by atoms with Crippen molar-refractivity contribution < 1.29 is 31.5 Å². The molecule has 1 saturated heterocycles. The normalized spacial score (nSPS) is 15.5. The van der Waals surface area contributed by atoms with Gasteiger partial charge in [-0.2, -0.15) is 13.2 Å². The van der Waals surface area contributed by atoms with Crippen LogP contribution in [0.3, 0.4) is 0 Å². The second kappa shape index (κ2) is 6.51. The van der Waals surface area contributed by atoms with Gasteiger partial charge in [0.05, 0.1) is 16.0 Å². The molecule has 29 heavy (non-hydrogen) atoms. The number of hydrogen-bond acceptors (Lipinski definition) is 3. The highest BCUT2D eigenvalue weighted by molar-refractivity contribution is 7.90. The zero-order valence-electron chi connectivity index (χ0n) is 14.8. The number of fused-ring (bicyclic) bond motifs is 1. The van der Waals surface area contributed by atoms with Gasteiger partial charge in [0.15, 0.2) is 0 Å². The molecule has 2 aromatic carbocycles. The van der Waals surface area contributed by atoms with Gasteiger partial charge < -0.3 is 10.0 Å². The molecule has 0 radical (unpaired) electrons. The van der Waals surface area contributed by atoms with Crippen LogP contribution in [0.4, 0.5) is 18.0 Å². The summed E-state index contributed by atoms with van der Waals surface area (Å²) in [5.41, 5.74) is 0.176. The lowest BCUT2D eigenvalue weighted by atomic mass is 9.91. The zero-order valence-corrected chi connectivity index (χ0v) is 15.6. The van der Waals surface area contributed by atoms with Crippen LogP contribution in [0.15, 0.2) is 59.6 Å². The maximum absolute atomic E-state index is 12.9. The third-order valence-corrected chi connectivity index (χ3v) is 6.71. The molecule has 1 aromatic heterocycles. The topological polar surface area (TPSA) is 79.6 Å². The lowest BCUT2D eigenvalue weighted by Crippen LogP contribution is -2.47. The predicted octanol–water partition coefficient (Wildman–Crippen LogP) is 3.97. The first-order chi connectivity index (χ1) is 13.6. The first-order valence-corrected chi connectivity index (χ1v) is 10.0. The van der Waals surface area contributed by atoms with E-state index in [9.17, 15) is 26.4 Å². The SMILES string of the molecule is O=C(O)N1CC(c2ccc3c(ccn3S(=O)(=O)c3cccc(C(F)(F)F)c3)c2)C1. The number of amides is 1. The molecule has 1 aliphatic rings. The second-order valence-corrected chi connectivity index (χ2v) is 8.66. The number of likely N-dealkylation sites (tertiary alicyclic amines) is 1. The van der Waals surface area contributed by atoms with Crippen molar-refractivity contribution in [3.05, 3.63) is 65.9 Å². The molecule has 3 aromatic rings. The molecule has 0 spiro atoms. The Morgan fingerprint density at radius 1 is 1.07 bits per heavy atom. The van der Waals surface area contributed by atoms with Crippen molar-refractivity contribution >= 4 is 27.0 Å². The Balaban J connectivity index is 1.69. The molecule has 152 valence electrons. The number of carboxylic acid groups (broad SMARTS) is 1.